The zero-order chi connectivity index (χ0) is 18.0. The van der Waals surface area contributed by atoms with Gasteiger partial charge in [-0.1, -0.05) is 25.3 Å². The molecule has 3 rings (SSSR count). The number of ketones is 1. The Morgan fingerprint density at radius 2 is 2.00 bits per heavy atom. The van der Waals surface area contributed by atoms with Crippen molar-refractivity contribution in [3.8, 4) is 0 Å². The van der Waals surface area contributed by atoms with Crippen LogP contribution in [0.1, 0.15) is 68.2 Å². The van der Waals surface area contributed by atoms with E-state index in [1.807, 2.05) is 13.1 Å². The predicted molar refractivity (Wildman–Crippen MR) is 104 cm³/mol. The first-order chi connectivity index (χ1) is 11.9. The van der Waals surface area contributed by atoms with E-state index in [9.17, 15) is 4.79 Å². The van der Waals surface area contributed by atoms with Gasteiger partial charge in [0.2, 0.25) is 0 Å². The Morgan fingerprint density at radius 1 is 1.28 bits per heavy atom. The van der Waals surface area contributed by atoms with Crippen molar-refractivity contribution in [3.05, 3.63) is 40.5 Å². The van der Waals surface area contributed by atoms with Gasteiger partial charge in [-0.05, 0) is 69.8 Å². The van der Waals surface area contributed by atoms with Gasteiger partial charge in [0.1, 0.15) is 0 Å². The Bertz CT molecular complexity index is 682. The maximum absolute atomic E-state index is 12.8. The largest absolute Gasteiger partial charge is 0.379 e. The number of hydrogen-bond acceptors (Lipinski definition) is 3. The van der Waals surface area contributed by atoms with Gasteiger partial charge in [-0.25, -0.2) is 0 Å². The molecule has 0 bridgehead atoms. The molecular weight excluding hydrogens is 308 g/mol. The third kappa shape index (κ3) is 4.14. The summed E-state index contributed by atoms with van der Waals surface area (Å²) in [5.74, 6) is 0.528. The van der Waals surface area contributed by atoms with Crippen molar-refractivity contribution < 1.29 is 4.79 Å². The fourth-order valence-corrected chi connectivity index (χ4v) is 4.30. The van der Waals surface area contributed by atoms with Crippen molar-refractivity contribution in [2.45, 2.75) is 71.4 Å². The second-order valence-corrected chi connectivity index (χ2v) is 8.45. The van der Waals surface area contributed by atoms with Gasteiger partial charge in [0.25, 0.3) is 0 Å². The molecular formula is C22H32N2O. The third-order valence-corrected chi connectivity index (χ3v) is 5.62. The summed E-state index contributed by atoms with van der Waals surface area (Å²) < 4.78 is 0. The van der Waals surface area contributed by atoms with Crippen LogP contribution < -0.4 is 10.6 Å². The average Bonchev–Trinajstić information content (AvgIpc) is 2.56. The Balaban J connectivity index is 1.97. The maximum Gasteiger partial charge on any atom is 0.160 e. The van der Waals surface area contributed by atoms with E-state index in [1.165, 1.54) is 41.5 Å². The third-order valence-electron chi connectivity index (χ3n) is 5.62. The SMILES string of the molecule is CNCc1cc2c(cc1C)CC(C)(C)N/C2=C\C(=O)C1CCCCC1. The van der Waals surface area contributed by atoms with Crippen molar-refractivity contribution in [3.63, 3.8) is 0 Å². The number of carbonyl (C=O) groups excluding carboxylic acids is 1. The standard InChI is InChI=1S/C22H32N2O/c1-15-10-17-13-22(2,3)24-20(19(17)11-18(15)14-23-4)12-21(25)16-8-6-5-7-9-16/h10-12,16,23-24H,5-9,13-14H2,1-4H3/b20-12-. The highest BCUT2D eigenvalue weighted by Crippen LogP contribution is 2.33. The number of allylic oxidation sites excluding steroid dienone is 1. The molecule has 1 aliphatic carbocycles. The van der Waals surface area contributed by atoms with Crippen molar-refractivity contribution >= 4 is 11.5 Å². The van der Waals surface area contributed by atoms with Crippen LogP contribution in [0.2, 0.25) is 0 Å². The van der Waals surface area contributed by atoms with Gasteiger partial charge in [0.15, 0.2) is 5.78 Å². The number of carbonyl (C=O) groups is 1. The van der Waals surface area contributed by atoms with Gasteiger partial charge in [-0.2, -0.15) is 0 Å². The summed E-state index contributed by atoms with van der Waals surface area (Å²) in [5.41, 5.74) is 6.17. The van der Waals surface area contributed by atoms with E-state index in [1.54, 1.807) is 0 Å². The zero-order valence-corrected chi connectivity index (χ0v) is 16.2. The number of rotatable bonds is 4. The lowest BCUT2D eigenvalue weighted by atomic mass is 9.82. The van der Waals surface area contributed by atoms with Crippen LogP contribution in [0.25, 0.3) is 5.70 Å². The first kappa shape index (κ1) is 18.2. The summed E-state index contributed by atoms with van der Waals surface area (Å²) in [6.07, 6.45) is 8.66. The molecule has 136 valence electrons. The molecule has 2 N–H and O–H groups in total. The summed E-state index contributed by atoms with van der Waals surface area (Å²) in [5, 5.41) is 6.88. The van der Waals surface area contributed by atoms with E-state index >= 15 is 0 Å². The maximum atomic E-state index is 12.8. The molecule has 1 aromatic rings. The van der Waals surface area contributed by atoms with Gasteiger partial charge < -0.3 is 10.6 Å². The molecule has 0 spiro atoms. The molecule has 0 amide bonds. The molecule has 1 heterocycles. The second-order valence-electron chi connectivity index (χ2n) is 8.45. The smallest absolute Gasteiger partial charge is 0.160 e. The lowest BCUT2D eigenvalue weighted by molar-refractivity contribution is -0.119. The molecule has 0 aromatic heterocycles. The van der Waals surface area contributed by atoms with Gasteiger partial charge in [-0.3, -0.25) is 4.79 Å². The lowest BCUT2D eigenvalue weighted by Crippen LogP contribution is -2.44. The van der Waals surface area contributed by atoms with Crippen LogP contribution in [0.3, 0.4) is 0 Å². The summed E-state index contributed by atoms with van der Waals surface area (Å²) in [6.45, 7) is 7.46. The molecule has 1 aliphatic heterocycles. The van der Waals surface area contributed by atoms with Crippen molar-refractivity contribution in [1.82, 2.24) is 10.6 Å². The average molecular weight is 341 g/mol. The molecule has 1 aromatic carbocycles. The Hall–Kier alpha value is -1.61. The number of benzene rings is 1. The highest BCUT2D eigenvalue weighted by Gasteiger charge is 2.29. The van der Waals surface area contributed by atoms with Crippen LogP contribution in [-0.2, 0) is 17.8 Å². The van der Waals surface area contributed by atoms with E-state index in [2.05, 4.69) is 43.5 Å². The summed E-state index contributed by atoms with van der Waals surface area (Å²) in [6, 6.07) is 4.58. The quantitative estimate of drug-likeness (QED) is 0.810. The molecule has 0 radical (unpaired) electrons. The molecule has 3 nitrogen and oxygen atoms in total. The van der Waals surface area contributed by atoms with E-state index in [4.69, 9.17) is 0 Å². The minimum absolute atomic E-state index is 0.0252. The normalized spacial score (nSPS) is 21.7. The Labute approximate surface area is 152 Å². The highest BCUT2D eigenvalue weighted by atomic mass is 16.1. The molecule has 1 fully saturated rings. The van der Waals surface area contributed by atoms with Crippen LogP contribution >= 0.6 is 0 Å². The van der Waals surface area contributed by atoms with E-state index in [0.29, 0.717) is 5.78 Å². The Kier molecular flexibility index (Phi) is 5.33. The topological polar surface area (TPSA) is 41.1 Å². The van der Waals surface area contributed by atoms with Crippen LogP contribution in [0.15, 0.2) is 18.2 Å². The number of aryl methyl sites for hydroxylation is 1. The fraction of sp³-hybridized carbons (Fsp3) is 0.591. The molecule has 1 saturated carbocycles. The minimum atomic E-state index is -0.0252. The summed E-state index contributed by atoms with van der Waals surface area (Å²) in [7, 11) is 1.98. The van der Waals surface area contributed by atoms with E-state index in [-0.39, 0.29) is 11.5 Å². The molecule has 3 heteroatoms. The molecule has 0 atom stereocenters. The predicted octanol–water partition coefficient (Wildman–Crippen LogP) is 4.13. The van der Waals surface area contributed by atoms with E-state index < -0.39 is 0 Å². The number of hydrogen-bond donors (Lipinski definition) is 2. The van der Waals surface area contributed by atoms with E-state index in [0.717, 1.165) is 31.5 Å². The zero-order valence-electron chi connectivity index (χ0n) is 16.2. The minimum Gasteiger partial charge on any atom is -0.379 e. The Morgan fingerprint density at radius 3 is 2.68 bits per heavy atom. The second kappa shape index (κ2) is 7.33. The van der Waals surface area contributed by atoms with Crippen LogP contribution in [0, 0.1) is 12.8 Å². The fourth-order valence-electron chi connectivity index (χ4n) is 4.30. The van der Waals surface area contributed by atoms with Crippen molar-refractivity contribution in [2.24, 2.45) is 5.92 Å². The monoisotopic (exact) mass is 340 g/mol. The molecule has 0 saturated heterocycles. The first-order valence-corrected chi connectivity index (χ1v) is 9.71. The first-order valence-electron chi connectivity index (χ1n) is 9.71. The van der Waals surface area contributed by atoms with Crippen LogP contribution in [-0.4, -0.2) is 18.4 Å². The summed E-state index contributed by atoms with van der Waals surface area (Å²) in [4.78, 5) is 12.8. The van der Waals surface area contributed by atoms with Gasteiger partial charge in [0.05, 0.1) is 0 Å². The van der Waals surface area contributed by atoms with Crippen molar-refractivity contribution in [2.75, 3.05) is 7.05 Å². The lowest BCUT2D eigenvalue weighted by Gasteiger charge is -2.36. The van der Waals surface area contributed by atoms with Crippen LogP contribution in [0.4, 0.5) is 0 Å². The molecule has 25 heavy (non-hydrogen) atoms. The molecule has 2 aliphatic rings. The summed E-state index contributed by atoms with van der Waals surface area (Å²) >= 11 is 0. The number of nitrogens with one attached hydrogen (secondary N) is 2. The van der Waals surface area contributed by atoms with Gasteiger partial charge >= 0.3 is 0 Å². The van der Waals surface area contributed by atoms with Gasteiger partial charge in [0, 0.05) is 35.3 Å². The van der Waals surface area contributed by atoms with Gasteiger partial charge in [-0.15, -0.1) is 0 Å². The highest BCUT2D eigenvalue weighted by molar-refractivity contribution is 5.98. The number of fused-ring (bicyclic) bond motifs is 1. The molecule has 0 unspecified atom stereocenters. The van der Waals surface area contributed by atoms with Crippen LogP contribution in [0.5, 0.6) is 0 Å². The van der Waals surface area contributed by atoms with Crippen molar-refractivity contribution in [1.29, 1.82) is 0 Å².